The Morgan fingerprint density at radius 3 is 2.26 bits per heavy atom. The molecule has 3 fully saturated rings. The van der Waals surface area contributed by atoms with Gasteiger partial charge in [0.05, 0.1) is 11.8 Å². The standard InChI is InChI=1S/C22H28N2O3/c25-20(23-13-6-9-17(23)15-16-7-2-1-3-8-16)12-14-24-21(26)18-10-4-5-11-19(18)22(24)27/h1-3,7-8,17-19H,4-6,9-15H2. The smallest absolute Gasteiger partial charge is 0.233 e. The topological polar surface area (TPSA) is 57.7 Å². The average molecular weight is 368 g/mol. The molecule has 3 aliphatic rings. The van der Waals surface area contributed by atoms with Gasteiger partial charge in [0, 0.05) is 25.6 Å². The molecule has 1 aromatic carbocycles. The lowest BCUT2D eigenvalue weighted by molar-refractivity contribution is -0.141. The number of carbonyl (C=O) groups is 3. The number of nitrogens with zero attached hydrogens (tertiary/aromatic N) is 2. The van der Waals surface area contributed by atoms with Crippen molar-refractivity contribution in [2.75, 3.05) is 13.1 Å². The third-order valence-electron chi connectivity index (χ3n) is 6.49. The predicted octanol–water partition coefficient (Wildman–Crippen LogP) is 2.79. The maximum atomic E-state index is 12.8. The molecule has 5 heteroatoms. The fourth-order valence-corrected chi connectivity index (χ4v) is 5.06. The summed E-state index contributed by atoms with van der Waals surface area (Å²) in [5, 5.41) is 0. The molecule has 3 atom stereocenters. The molecular formula is C22H28N2O3. The van der Waals surface area contributed by atoms with Crippen LogP contribution in [0.5, 0.6) is 0 Å². The predicted molar refractivity (Wildman–Crippen MR) is 102 cm³/mol. The molecule has 1 aromatic rings. The van der Waals surface area contributed by atoms with Crippen molar-refractivity contribution in [1.82, 2.24) is 9.80 Å². The van der Waals surface area contributed by atoms with Crippen LogP contribution in [0, 0.1) is 11.8 Å². The van der Waals surface area contributed by atoms with E-state index in [2.05, 4.69) is 12.1 Å². The number of carbonyl (C=O) groups excluding carboxylic acids is 3. The summed E-state index contributed by atoms with van der Waals surface area (Å²) in [6.07, 6.45) is 6.88. The number of rotatable bonds is 5. The van der Waals surface area contributed by atoms with Gasteiger partial charge in [-0.25, -0.2) is 0 Å². The Labute approximate surface area is 160 Å². The molecule has 4 rings (SSSR count). The molecule has 0 aromatic heterocycles. The first-order chi connectivity index (χ1) is 13.1. The van der Waals surface area contributed by atoms with Gasteiger partial charge in [0.15, 0.2) is 0 Å². The molecule has 0 N–H and O–H groups in total. The highest BCUT2D eigenvalue weighted by Crippen LogP contribution is 2.38. The van der Waals surface area contributed by atoms with E-state index in [1.165, 1.54) is 10.5 Å². The van der Waals surface area contributed by atoms with Crippen LogP contribution in [0.4, 0.5) is 0 Å². The summed E-state index contributed by atoms with van der Waals surface area (Å²) in [4.78, 5) is 41.3. The van der Waals surface area contributed by atoms with Crippen LogP contribution in [0.15, 0.2) is 30.3 Å². The van der Waals surface area contributed by atoms with Crippen LogP contribution in [-0.2, 0) is 20.8 Å². The molecule has 27 heavy (non-hydrogen) atoms. The molecule has 0 spiro atoms. The van der Waals surface area contributed by atoms with Crippen LogP contribution >= 0.6 is 0 Å². The minimum atomic E-state index is -0.126. The van der Waals surface area contributed by atoms with Crippen molar-refractivity contribution in [2.45, 2.75) is 57.4 Å². The maximum absolute atomic E-state index is 12.8. The van der Waals surface area contributed by atoms with E-state index < -0.39 is 0 Å². The number of hydrogen-bond donors (Lipinski definition) is 0. The summed E-state index contributed by atoms with van der Waals surface area (Å²) in [5.41, 5.74) is 1.25. The van der Waals surface area contributed by atoms with Crippen LogP contribution in [-0.4, -0.2) is 46.7 Å². The van der Waals surface area contributed by atoms with Gasteiger partial charge in [-0.15, -0.1) is 0 Å². The Morgan fingerprint density at radius 2 is 1.59 bits per heavy atom. The Kier molecular flexibility index (Phi) is 5.28. The van der Waals surface area contributed by atoms with Gasteiger partial charge < -0.3 is 4.90 Å². The number of amides is 3. The van der Waals surface area contributed by atoms with Crippen LogP contribution in [0.1, 0.15) is 50.5 Å². The quantitative estimate of drug-likeness (QED) is 0.751. The van der Waals surface area contributed by atoms with E-state index in [0.717, 1.165) is 51.5 Å². The Hall–Kier alpha value is -2.17. The van der Waals surface area contributed by atoms with E-state index in [0.29, 0.717) is 0 Å². The van der Waals surface area contributed by atoms with Crippen LogP contribution in [0.3, 0.4) is 0 Å². The summed E-state index contributed by atoms with van der Waals surface area (Å²) < 4.78 is 0. The summed E-state index contributed by atoms with van der Waals surface area (Å²) >= 11 is 0. The van der Waals surface area contributed by atoms with Gasteiger partial charge in [-0.05, 0) is 37.7 Å². The van der Waals surface area contributed by atoms with Gasteiger partial charge in [0.2, 0.25) is 17.7 Å². The average Bonchev–Trinajstić information content (AvgIpc) is 3.25. The lowest BCUT2D eigenvalue weighted by atomic mass is 9.81. The summed E-state index contributed by atoms with van der Waals surface area (Å²) in [5.74, 6) is -0.263. The first-order valence-electron chi connectivity index (χ1n) is 10.3. The van der Waals surface area contributed by atoms with E-state index in [1.807, 2.05) is 23.1 Å². The number of hydrogen-bond acceptors (Lipinski definition) is 3. The van der Waals surface area contributed by atoms with Crippen molar-refractivity contribution >= 4 is 17.7 Å². The molecule has 0 radical (unpaired) electrons. The third-order valence-corrected chi connectivity index (χ3v) is 6.49. The zero-order valence-electron chi connectivity index (χ0n) is 15.8. The van der Waals surface area contributed by atoms with Gasteiger partial charge in [-0.3, -0.25) is 19.3 Å². The first-order valence-corrected chi connectivity index (χ1v) is 10.3. The van der Waals surface area contributed by atoms with Crippen molar-refractivity contribution < 1.29 is 14.4 Å². The SMILES string of the molecule is O=C1C2CCCCC2C(=O)N1CCC(=O)N1CCCC1Cc1ccccc1. The zero-order valence-corrected chi connectivity index (χ0v) is 15.8. The molecular weight excluding hydrogens is 340 g/mol. The van der Waals surface area contributed by atoms with Crippen molar-refractivity contribution in [3.05, 3.63) is 35.9 Å². The fourth-order valence-electron chi connectivity index (χ4n) is 5.06. The lowest BCUT2D eigenvalue weighted by Gasteiger charge is -2.26. The van der Waals surface area contributed by atoms with Crippen molar-refractivity contribution in [3.63, 3.8) is 0 Å². The molecule has 0 bridgehead atoms. The highest BCUT2D eigenvalue weighted by molar-refractivity contribution is 6.05. The van der Waals surface area contributed by atoms with E-state index >= 15 is 0 Å². The normalized spacial score (nSPS) is 27.9. The second-order valence-corrected chi connectivity index (χ2v) is 8.15. The molecule has 144 valence electrons. The van der Waals surface area contributed by atoms with Gasteiger partial charge in [-0.2, -0.15) is 0 Å². The molecule has 3 amide bonds. The summed E-state index contributed by atoms with van der Waals surface area (Å²) in [7, 11) is 0. The third kappa shape index (κ3) is 3.64. The molecule has 2 saturated heterocycles. The van der Waals surface area contributed by atoms with Gasteiger partial charge >= 0.3 is 0 Å². The highest BCUT2D eigenvalue weighted by Gasteiger charge is 2.48. The first kappa shape index (κ1) is 18.2. The Bertz CT molecular complexity index is 694. The van der Waals surface area contributed by atoms with Crippen molar-refractivity contribution in [3.8, 4) is 0 Å². The van der Waals surface area contributed by atoms with Crippen LogP contribution < -0.4 is 0 Å². The molecule has 1 aliphatic carbocycles. The van der Waals surface area contributed by atoms with Crippen molar-refractivity contribution in [1.29, 1.82) is 0 Å². The number of imide groups is 1. The summed E-state index contributed by atoms with van der Waals surface area (Å²) in [6.45, 7) is 1.03. The van der Waals surface area contributed by atoms with E-state index in [-0.39, 0.29) is 48.6 Å². The monoisotopic (exact) mass is 368 g/mol. The van der Waals surface area contributed by atoms with Gasteiger partial charge in [0.25, 0.3) is 0 Å². The molecule has 2 aliphatic heterocycles. The summed E-state index contributed by atoms with van der Waals surface area (Å²) in [6, 6.07) is 10.5. The van der Waals surface area contributed by atoms with Gasteiger partial charge in [0.1, 0.15) is 0 Å². The van der Waals surface area contributed by atoms with Crippen LogP contribution in [0.25, 0.3) is 0 Å². The molecule has 1 saturated carbocycles. The van der Waals surface area contributed by atoms with Gasteiger partial charge in [-0.1, -0.05) is 43.2 Å². The van der Waals surface area contributed by atoms with E-state index in [4.69, 9.17) is 0 Å². The maximum Gasteiger partial charge on any atom is 0.233 e. The molecule has 5 nitrogen and oxygen atoms in total. The highest BCUT2D eigenvalue weighted by atomic mass is 16.2. The zero-order chi connectivity index (χ0) is 18.8. The molecule has 2 heterocycles. The van der Waals surface area contributed by atoms with Crippen LogP contribution in [0.2, 0.25) is 0 Å². The lowest BCUT2D eigenvalue weighted by Crippen LogP contribution is -2.40. The second kappa shape index (κ2) is 7.83. The number of fused-ring (bicyclic) bond motifs is 1. The minimum absolute atomic E-state index is 0.0419. The van der Waals surface area contributed by atoms with E-state index in [1.54, 1.807) is 0 Å². The molecule has 3 unspecified atom stereocenters. The number of likely N-dealkylation sites (tertiary alicyclic amines) is 2. The largest absolute Gasteiger partial charge is 0.339 e. The van der Waals surface area contributed by atoms with Crippen molar-refractivity contribution in [2.24, 2.45) is 11.8 Å². The second-order valence-electron chi connectivity index (χ2n) is 8.15. The fraction of sp³-hybridized carbons (Fsp3) is 0.591. The Balaban J connectivity index is 1.35. The minimum Gasteiger partial charge on any atom is -0.339 e. The Morgan fingerprint density at radius 1 is 0.926 bits per heavy atom. The number of benzene rings is 1. The van der Waals surface area contributed by atoms with E-state index in [9.17, 15) is 14.4 Å².